The number of halogens is 1. The highest BCUT2D eigenvalue weighted by molar-refractivity contribution is 5.98. The molecule has 7 nitrogen and oxygen atoms in total. The fourth-order valence-electron chi connectivity index (χ4n) is 4.29. The first-order valence-corrected chi connectivity index (χ1v) is 11.5. The number of nitrogens with one attached hydrogen (secondary N) is 1. The molecular weight excluding hydrogens is 441 g/mol. The number of carboxylic acids is 1. The van der Waals surface area contributed by atoms with Crippen LogP contribution in [0.25, 0.3) is 0 Å². The number of ether oxygens (including phenoxy) is 2. The average Bonchev–Trinajstić information content (AvgIpc) is 2.81. The minimum atomic E-state index is -1.36. The SMILES string of the molecule is COc1c(F)cc(C(=O)N[C@]2(C(=O)O)CC[C@@H](C)CC2)cc1OCCc1cccc(CCO)c1. The van der Waals surface area contributed by atoms with Crippen LogP contribution in [0.15, 0.2) is 36.4 Å². The smallest absolute Gasteiger partial charge is 0.329 e. The highest BCUT2D eigenvalue weighted by Gasteiger charge is 2.42. The monoisotopic (exact) mass is 473 g/mol. The minimum absolute atomic E-state index is 0.0301. The van der Waals surface area contributed by atoms with Crippen LogP contribution in [0.2, 0.25) is 0 Å². The molecule has 0 unspecified atom stereocenters. The standard InChI is InChI=1S/C26H32FNO6/c1-17-6-10-26(11-7-17,25(31)32)28-24(30)20-15-21(27)23(33-2)22(16-20)34-13-9-19-5-3-4-18(14-19)8-12-29/h3-5,14-17,29H,6-13H2,1-2H3,(H,28,30)(H,31,32)/t17-,26-. The van der Waals surface area contributed by atoms with E-state index in [1.807, 2.05) is 24.3 Å². The van der Waals surface area contributed by atoms with E-state index in [9.17, 15) is 19.1 Å². The predicted octanol–water partition coefficient (Wildman–Crippen LogP) is 3.75. The number of aliphatic hydroxyl groups is 1. The van der Waals surface area contributed by atoms with Crippen molar-refractivity contribution in [3.63, 3.8) is 0 Å². The highest BCUT2D eigenvalue weighted by atomic mass is 19.1. The first-order chi connectivity index (χ1) is 16.3. The topological polar surface area (TPSA) is 105 Å². The van der Waals surface area contributed by atoms with Crippen molar-refractivity contribution in [1.29, 1.82) is 0 Å². The fraction of sp³-hybridized carbons (Fsp3) is 0.462. The number of carboxylic acid groups (broad SMARTS) is 1. The third-order valence-electron chi connectivity index (χ3n) is 6.41. The number of amides is 1. The first kappa shape index (κ1) is 25.5. The van der Waals surface area contributed by atoms with Crippen LogP contribution in [0.4, 0.5) is 4.39 Å². The van der Waals surface area contributed by atoms with Gasteiger partial charge in [-0.2, -0.15) is 0 Å². The van der Waals surface area contributed by atoms with Gasteiger partial charge in [-0.05, 0) is 61.3 Å². The summed E-state index contributed by atoms with van der Waals surface area (Å²) in [6.45, 7) is 2.33. The van der Waals surface area contributed by atoms with Crippen LogP contribution in [0.5, 0.6) is 11.5 Å². The first-order valence-electron chi connectivity index (χ1n) is 11.5. The molecule has 8 heteroatoms. The predicted molar refractivity (Wildman–Crippen MR) is 125 cm³/mol. The molecule has 1 fully saturated rings. The van der Waals surface area contributed by atoms with Crippen molar-refractivity contribution in [2.75, 3.05) is 20.3 Å². The van der Waals surface area contributed by atoms with Crippen molar-refractivity contribution in [3.8, 4) is 11.5 Å². The second-order valence-corrected chi connectivity index (χ2v) is 8.91. The van der Waals surface area contributed by atoms with E-state index in [2.05, 4.69) is 12.2 Å². The van der Waals surface area contributed by atoms with Crippen molar-refractivity contribution in [2.24, 2.45) is 5.92 Å². The van der Waals surface area contributed by atoms with Crippen LogP contribution < -0.4 is 14.8 Å². The Labute approximate surface area is 198 Å². The largest absolute Gasteiger partial charge is 0.490 e. The Kier molecular flexibility index (Phi) is 8.50. The Morgan fingerprint density at radius 3 is 2.44 bits per heavy atom. The second-order valence-electron chi connectivity index (χ2n) is 8.91. The lowest BCUT2D eigenvalue weighted by Crippen LogP contribution is -2.56. The zero-order valence-electron chi connectivity index (χ0n) is 19.6. The molecule has 184 valence electrons. The Morgan fingerprint density at radius 1 is 1.15 bits per heavy atom. The summed E-state index contributed by atoms with van der Waals surface area (Å²) in [6, 6.07) is 10.1. The second kappa shape index (κ2) is 11.3. The molecule has 0 aromatic heterocycles. The zero-order valence-corrected chi connectivity index (χ0v) is 19.6. The molecule has 0 radical (unpaired) electrons. The van der Waals surface area contributed by atoms with E-state index < -0.39 is 23.2 Å². The summed E-state index contributed by atoms with van der Waals surface area (Å²) in [4.78, 5) is 24.9. The van der Waals surface area contributed by atoms with E-state index in [4.69, 9.17) is 14.6 Å². The van der Waals surface area contributed by atoms with Crippen molar-refractivity contribution in [2.45, 2.75) is 51.0 Å². The van der Waals surface area contributed by atoms with Crippen molar-refractivity contribution in [1.82, 2.24) is 5.32 Å². The van der Waals surface area contributed by atoms with E-state index >= 15 is 0 Å². The maximum atomic E-state index is 14.7. The number of carbonyl (C=O) groups is 2. The Hall–Kier alpha value is -3.13. The lowest BCUT2D eigenvalue weighted by Gasteiger charge is -2.36. The molecule has 0 bridgehead atoms. The molecule has 1 saturated carbocycles. The van der Waals surface area contributed by atoms with Gasteiger partial charge in [-0.15, -0.1) is 0 Å². The molecule has 0 heterocycles. The quantitative estimate of drug-likeness (QED) is 0.485. The van der Waals surface area contributed by atoms with Crippen molar-refractivity contribution in [3.05, 3.63) is 58.9 Å². The molecule has 1 aliphatic carbocycles. The average molecular weight is 474 g/mol. The number of methoxy groups -OCH3 is 1. The third-order valence-corrected chi connectivity index (χ3v) is 6.41. The molecule has 0 aliphatic heterocycles. The molecular formula is C26H32FNO6. The summed E-state index contributed by atoms with van der Waals surface area (Å²) in [5.41, 5.74) is 0.610. The van der Waals surface area contributed by atoms with E-state index in [-0.39, 0.29) is 30.3 Å². The molecule has 2 aromatic carbocycles. The van der Waals surface area contributed by atoms with Gasteiger partial charge >= 0.3 is 5.97 Å². The maximum Gasteiger partial charge on any atom is 0.329 e. The molecule has 3 N–H and O–H groups in total. The van der Waals surface area contributed by atoms with Gasteiger partial charge in [0.25, 0.3) is 5.91 Å². The van der Waals surface area contributed by atoms with E-state index in [1.165, 1.54) is 13.2 Å². The van der Waals surface area contributed by atoms with Crippen LogP contribution in [-0.4, -0.2) is 48.0 Å². The summed E-state index contributed by atoms with van der Waals surface area (Å²) < 4.78 is 25.6. The molecule has 1 amide bonds. The Balaban J connectivity index is 1.74. The molecule has 0 atom stereocenters. The van der Waals surface area contributed by atoms with Gasteiger partial charge < -0.3 is 25.0 Å². The summed E-state index contributed by atoms with van der Waals surface area (Å²) in [6.07, 6.45) is 3.12. The number of aliphatic hydroxyl groups excluding tert-OH is 1. The molecule has 34 heavy (non-hydrogen) atoms. The van der Waals surface area contributed by atoms with Gasteiger partial charge in [0.1, 0.15) is 5.54 Å². The highest BCUT2D eigenvalue weighted by Crippen LogP contribution is 2.34. The molecule has 3 rings (SSSR count). The van der Waals surface area contributed by atoms with E-state index in [1.54, 1.807) is 0 Å². The molecule has 2 aromatic rings. The number of aliphatic carboxylic acids is 1. The Bertz CT molecular complexity index is 1020. The number of hydrogen-bond donors (Lipinski definition) is 3. The molecule has 0 saturated heterocycles. The van der Waals surface area contributed by atoms with Crippen molar-refractivity contribution < 1.29 is 33.7 Å². The molecule has 1 aliphatic rings. The number of hydrogen-bond acceptors (Lipinski definition) is 5. The zero-order chi connectivity index (χ0) is 24.7. The van der Waals surface area contributed by atoms with Gasteiger partial charge in [-0.3, -0.25) is 4.79 Å². The van der Waals surface area contributed by atoms with Gasteiger partial charge in [-0.1, -0.05) is 31.2 Å². The van der Waals surface area contributed by atoms with Crippen LogP contribution in [-0.2, 0) is 17.6 Å². The van der Waals surface area contributed by atoms with Gasteiger partial charge in [0.2, 0.25) is 0 Å². The maximum absolute atomic E-state index is 14.7. The number of carbonyl (C=O) groups excluding carboxylic acids is 1. The third kappa shape index (κ3) is 6.05. The number of rotatable bonds is 10. The van der Waals surface area contributed by atoms with Gasteiger partial charge in [0, 0.05) is 18.6 Å². The summed E-state index contributed by atoms with van der Waals surface area (Å²) in [5, 5.41) is 21.5. The van der Waals surface area contributed by atoms with Crippen LogP contribution in [0.3, 0.4) is 0 Å². The van der Waals surface area contributed by atoms with Gasteiger partial charge in [0.05, 0.1) is 13.7 Å². The van der Waals surface area contributed by atoms with Crippen LogP contribution in [0.1, 0.15) is 54.1 Å². The minimum Gasteiger partial charge on any atom is -0.490 e. The van der Waals surface area contributed by atoms with Gasteiger partial charge in [-0.25, -0.2) is 9.18 Å². The molecule has 0 spiro atoms. The van der Waals surface area contributed by atoms with Gasteiger partial charge in [0.15, 0.2) is 17.3 Å². The normalized spacial score (nSPS) is 19.9. The van der Waals surface area contributed by atoms with E-state index in [0.29, 0.717) is 44.4 Å². The van der Waals surface area contributed by atoms with Crippen molar-refractivity contribution >= 4 is 11.9 Å². The lowest BCUT2D eigenvalue weighted by atomic mass is 9.77. The fourth-order valence-corrected chi connectivity index (χ4v) is 4.29. The van der Waals surface area contributed by atoms with E-state index in [0.717, 1.165) is 17.2 Å². The number of benzene rings is 2. The Morgan fingerprint density at radius 2 is 1.82 bits per heavy atom. The van der Waals surface area contributed by atoms with Crippen LogP contribution in [0, 0.1) is 11.7 Å². The summed E-state index contributed by atoms with van der Waals surface area (Å²) >= 11 is 0. The van der Waals surface area contributed by atoms with Crippen LogP contribution >= 0.6 is 0 Å². The summed E-state index contributed by atoms with van der Waals surface area (Å²) in [7, 11) is 1.31. The summed E-state index contributed by atoms with van der Waals surface area (Å²) in [5.74, 6) is -2.17. The lowest BCUT2D eigenvalue weighted by molar-refractivity contribution is -0.146.